The molecule has 3 aromatic rings. The molecule has 0 N–H and O–H groups in total. The maximum atomic E-state index is 13.6. The first-order valence-corrected chi connectivity index (χ1v) is 12.8. The maximum absolute atomic E-state index is 13.6. The largest absolute Gasteiger partial charge is 0.379 e. The van der Waals surface area contributed by atoms with Gasteiger partial charge < -0.3 is 9.08 Å². The van der Waals surface area contributed by atoms with E-state index in [0.717, 1.165) is 41.8 Å². The fourth-order valence-corrected chi connectivity index (χ4v) is 4.70. The third kappa shape index (κ3) is 6.23. The molecule has 3 aromatic carbocycles. The Bertz CT molecular complexity index is 1200. The molecule has 2 unspecified atom stereocenters. The Hall–Kier alpha value is -3.19. The van der Waals surface area contributed by atoms with Crippen LogP contribution in [-0.4, -0.2) is 25.3 Å². The SMILES string of the molecule is CCC(C(=O)N(Cc1cccc(OS(=O)(=O)c2ccc(F)cc2)c1)C(C)CC)c1ccccc1. The van der Waals surface area contributed by atoms with Crippen LogP contribution in [0.15, 0.2) is 83.8 Å². The number of amides is 1. The highest BCUT2D eigenvalue weighted by Crippen LogP contribution is 2.26. The van der Waals surface area contributed by atoms with Crippen LogP contribution in [0.5, 0.6) is 5.75 Å². The first kappa shape index (κ1) is 25.4. The fourth-order valence-electron chi connectivity index (χ4n) is 3.78. The zero-order chi connectivity index (χ0) is 24.7. The number of carbonyl (C=O) groups excluding carboxylic acids is 1. The minimum absolute atomic E-state index is 0.00205. The van der Waals surface area contributed by atoms with Crippen molar-refractivity contribution in [1.82, 2.24) is 4.90 Å². The molecule has 0 radical (unpaired) electrons. The average Bonchev–Trinajstić information content (AvgIpc) is 2.83. The predicted molar refractivity (Wildman–Crippen MR) is 130 cm³/mol. The summed E-state index contributed by atoms with van der Waals surface area (Å²) >= 11 is 0. The number of halogens is 1. The van der Waals surface area contributed by atoms with Gasteiger partial charge in [-0.1, -0.05) is 56.3 Å². The second kappa shape index (κ2) is 11.3. The van der Waals surface area contributed by atoms with E-state index in [2.05, 4.69) is 0 Å². The summed E-state index contributed by atoms with van der Waals surface area (Å²) in [6.07, 6.45) is 1.46. The molecular formula is C27H30FNO4S. The topological polar surface area (TPSA) is 63.7 Å². The van der Waals surface area contributed by atoms with Gasteiger partial charge in [-0.2, -0.15) is 8.42 Å². The Labute approximate surface area is 201 Å². The van der Waals surface area contributed by atoms with Crippen LogP contribution in [0.2, 0.25) is 0 Å². The number of nitrogens with zero attached hydrogens (tertiary/aromatic N) is 1. The van der Waals surface area contributed by atoms with Crippen LogP contribution in [0.4, 0.5) is 4.39 Å². The van der Waals surface area contributed by atoms with Crippen LogP contribution in [0, 0.1) is 5.82 Å². The Morgan fingerprint density at radius 1 is 0.941 bits per heavy atom. The Kier molecular flexibility index (Phi) is 8.45. The van der Waals surface area contributed by atoms with E-state index in [4.69, 9.17) is 4.18 Å². The van der Waals surface area contributed by atoms with Gasteiger partial charge in [0.1, 0.15) is 16.5 Å². The molecule has 0 bridgehead atoms. The second-order valence-electron chi connectivity index (χ2n) is 8.23. The lowest BCUT2D eigenvalue weighted by Crippen LogP contribution is -2.40. The quantitative estimate of drug-likeness (QED) is 0.336. The molecule has 0 aliphatic rings. The number of rotatable bonds is 10. The molecular weight excluding hydrogens is 453 g/mol. The van der Waals surface area contributed by atoms with Gasteiger partial charge in [-0.3, -0.25) is 4.79 Å². The highest BCUT2D eigenvalue weighted by Gasteiger charge is 2.27. The van der Waals surface area contributed by atoms with Crippen molar-refractivity contribution in [2.75, 3.05) is 0 Å². The summed E-state index contributed by atoms with van der Waals surface area (Å²) in [6, 6.07) is 20.9. The summed E-state index contributed by atoms with van der Waals surface area (Å²) in [5.74, 6) is -0.619. The molecule has 0 heterocycles. The maximum Gasteiger partial charge on any atom is 0.339 e. The lowest BCUT2D eigenvalue weighted by Gasteiger charge is -2.32. The third-order valence-electron chi connectivity index (χ3n) is 5.87. The molecule has 7 heteroatoms. The van der Waals surface area contributed by atoms with Crippen molar-refractivity contribution in [2.24, 2.45) is 0 Å². The zero-order valence-corrected chi connectivity index (χ0v) is 20.5. The monoisotopic (exact) mass is 483 g/mol. The van der Waals surface area contributed by atoms with Crippen molar-refractivity contribution in [2.45, 2.75) is 57.0 Å². The number of carbonyl (C=O) groups is 1. The van der Waals surface area contributed by atoms with Gasteiger partial charge in [0.15, 0.2) is 0 Å². The van der Waals surface area contributed by atoms with E-state index in [-0.39, 0.29) is 28.5 Å². The Morgan fingerprint density at radius 2 is 1.62 bits per heavy atom. The van der Waals surface area contributed by atoms with Crippen LogP contribution >= 0.6 is 0 Å². The molecule has 0 saturated heterocycles. The van der Waals surface area contributed by atoms with Crippen LogP contribution in [0.3, 0.4) is 0 Å². The lowest BCUT2D eigenvalue weighted by atomic mass is 9.94. The molecule has 0 spiro atoms. The molecule has 1 amide bonds. The van der Waals surface area contributed by atoms with E-state index in [1.165, 1.54) is 0 Å². The smallest absolute Gasteiger partial charge is 0.339 e. The summed E-state index contributed by atoms with van der Waals surface area (Å²) in [5.41, 5.74) is 1.73. The van der Waals surface area contributed by atoms with Crippen molar-refractivity contribution in [3.05, 3.63) is 95.8 Å². The van der Waals surface area contributed by atoms with E-state index in [1.807, 2.05) is 62.1 Å². The van der Waals surface area contributed by atoms with Crippen molar-refractivity contribution in [3.8, 4) is 5.75 Å². The van der Waals surface area contributed by atoms with Crippen LogP contribution in [0.25, 0.3) is 0 Å². The molecule has 34 heavy (non-hydrogen) atoms. The van der Waals surface area contributed by atoms with Crippen LogP contribution in [0.1, 0.15) is 50.7 Å². The highest BCUT2D eigenvalue weighted by atomic mass is 32.2. The van der Waals surface area contributed by atoms with E-state index in [9.17, 15) is 17.6 Å². The van der Waals surface area contributed by atoms with Crippen molar-refractivity contribution >= 4 is 16.0 Å². The molecule has 0 aliphatic carbocycles. The van der Waals surface area contributed by atoms with Gasteiger partial charge in [-0.25, -0.2) is 4.39 Å². The van der Waals surface area contributed by atoms with Gasteiger partial charge in [0.25, 0.3) is 0 Å². The average molecular weight is 484 g/mol. The normalized spacial score (nSPS) is 13.2. The number of hydrogen-bond donors (Lipinski definition) is 0. The van der Waals surface area contributed by atoms with Crippen molar-refractivity contribution in [1.29, 1.82) is 0 Å². The molecule has 0 saturated carbocycles. The van der Waals surface area contributed by atoms with E-state index in [1.54, 1.807) is 18.2 Å². The first-order valence-electron chi connectivity index (χ1n) is 11.4. The van der Waals surface area contributed by atoms with Gasteiger partial charge in [0, 0.05) is 12.6 Å². The molecule has 3 rings (SSSR count). The molecule has 5 nitrogen and oxygen atoms in total. The van der Waals surface area contributed by atoms with Crippen molar-refractivity contribution < 1.29 is 21.8 Å². The second-order valence-corrected chi connectivity index (χ2v) is 9.78. The van der Waals surface area contributed by atoms with Crippen LogP contribution < -0.4 is 4.18 Å². The number of benzene rings is 3. The summed E-state index contributed by atoms with van der Waals surface area (Å²) in [6.45, 7) is 6.36. The van der Waals surface area contributed by atoms with Gasteiger partial charge in [0.2, 0.25) is 5.91 Å². The van der Waals surface area contributed by atoms with Crippen molar-refractivity contribution in [3.63, 3.8) is 0 Å². The predicted octanol–water partition coefficient (Wildman–Crippen LogP) is 5.91. The molecule has 0 fully saturated rings. The minimum Gasteiger partial charge on any atom is -0.379 e. The molecule has 180 valence electrons. The summed E-state index contributed by atoms with van der Waals surface area (Å²) in [7, 11) is -4.11. The highest BCUT2D eigenvalue weighted by molar-refractivity contribution is 7.87. The lowest BCUT2D eigenvalue weighted by molar-refractivity contribution is -0.135. The van der Waals surface area contributed by atoms with E-state index < -0.39 is 15.9 Å². The van der Waals surface area contributed by atoms with Gasteiger partial charge in [-0.15, -0.1) is 0 Å². The summed E-state index contributed by atoms with van der Waals surface area (Å²) < 4.78 is 43.6. The summed E-state index contributed by atoms with van der Waals surface area (Å²) in [4.78, 5) is 15.3. The zero-order valence-electron chi connectivity index (χ0n) is 19.6. The fraction of sp³-hybridized carbons (Fsp3) is 0.296. The molecule has 0 aliphatic heterocycles. The number of hydrogen-bond acceptors (Lipinski definition) is 4. The minimum atomic E-state index is -4.11. The Balaban J connectivity index is 1.83. The van der Waals surface area contributed by atoms with Gasteiger partial charge in [-0.05, 0) is 67.3 Å². The molecule has 2 atom stereocenters. The van der Waals surface area contributed by atoms with Crippen LogP contribution in [-0.2, 0) is 21.5 Å². The first-order chi connectivity index (χ1) is 16.2. The van der Waals surface area contributed by atoms with E-state index in [0.29, 0.717) is 13.0 Å². The van der Waals surface area contributed by atoms with Gasteiger partial charge >= 0.3 is 10.1 Å². The molecule has 0 aromatic heterocycles. The van der Waals surface area contributed by atoms with E-state index >= 15 is 0 Å². The Morgan fingerprint density at radius 3 is 2.24 bits per heavy atom. The summed E-state index contributed by atoms with van der Waals surface area (Å²) in [5, 5.41) is 0. The third-order valence-corrected chi connectivity index (χ3v) is 7.14. The standard InChI is InChI=1S/C27H30FNO4S/c1-4-20(3)29(27(30)26(5-2)22-11-7-6-8-12-22)19-21-10-9-13-24(18-21)33-34(31,32)25-16-14-23(28)15-17-25/h6-18,20,26H,4-5,19H2,1-3H3. The van der Waals surface area contributed by atoms with Gasteiger partial charge in [0.05, 0.1) is 5.92 Å².